The highest BCUT2D eigenvalue weighted by atomic mass is 32.1. The molecule has 0 fully saturated rings. The van der Waals surface area contributed by atoms with Gasteiger partial charge < -0.3 is 5.32 Å². The number of nitrogens with zero attached hydrogens (tertiary/aromatic N) is 3. The fourth-order valence-corrected chi connectivity index (χ4v) is 3.95. The van der Waals surface area contributed by atoms with Gasteiger partial charge in [0, 0.05) is 24.0 Å². The lowest BCUT2D eigenvalue weighted by Gasteiger charge is -2.07. The number of nitrogens with one attached hydrogen (secondary N) is 1. The lowest BCUT2D eigenvalue weighted by Crippen LogP contribution is -2.25. The van der Waals surface area contributed by atoms with E-state index in [-0.39, 0.29) is 5.91 Å². The second-order valence-electron chi connectivity index (χ2n) is 6.31. The summed E-state index contributed by atoms with van der Waals surface area (Å²) in [6.45, 7) is 3.29. The standard InChI is InChI=1S/C21H20N4OS/c1-15-24-19(16-8-3-2-4-9-16)20(27-15)21(26)22-12-7-13-25-18-11-6-5-10-17(18)14-23-25/h2-6,8-11,14H,7,12-13H2,1H3,(H,22,26). The molecule has 0 saturated heterocycles. The van der Waals surface area contributed by atoms with Gasteiger partial charge in [-0.3, -0.25) is 9.48 Å². The van der Waals surface area contributed by atoms with Gasteiger partial charge in [0.05, 0.1) is 22.4 Å². The number of thiazole rings is 1. The first kappa shape index (κ1) is 17.4. The van der Waals surface area contributed by atoms with Crippen LogP contribution in [0.25, 0.3) is 22.2 Å². The molecular formula is C21H20N4OS. The van der Waals surface area contributed by atoms with Crippen LogP contribution in [-0.4, -0.2) is 27.2 Å². The average Bonchev–Trinajstić information content (AvgIpc) is 3.29. The molecule has 4 rings (SSSR count). The van der Waals surface area contributed by atoms with Crippen LogP contribution in [0.5, 0.6) is 0 Å². The van der Waals surface area contributed by atoms with Gasteiger partial charge in [0.25, 0.3) is 5.91 Å². The molecule has 0 atom stereocenters. The zero-order valence-corrected chi connectivity index (χ0v) is 15.9. The number of carbonyl (C=O) groups is 1. The largest absolute Gasteiger partial charge is 0.351 e. The molecule has 0 aliphatic heterocycles. The molecule has 27 heavy (non-hydrogen) atoms. The van der Waals surface area contributed by atoms with Crippen LogP contribution in [0.2, 0.25) is 0 Å². The van der Waals surface area contributed by atoms with Gasteiger partial charge in [-0.2, -0.15) is 5.10 Å². The Bertz CT molecular complexity index is 1070. The maximum atomic E-state index is 12.7. The molecule has 2 aromatic heterocycles. The maximum Gasteiger partial charge on any atom is 0.263 e. The summed E-state index contributed by atoms with van der Waals surface area (Å²) in [7, 11) is 0. The van der Waals surface area contributed by atoms with E-state index in [1.807, 2.05) is 60.3 Å². The first-order valence-electron chi connectivity index (χ1n) is 8.94. The number of carbonyl (C=O) groups excluding carboxylic acids is 1. The summed E-state index contributed by atoms with van der Waals surface area (Å²) in [5, 5.41) is 9.47. The van der Waals surface area contributed by atoms with Crippen LogP contribution >= 0.6 is 11.3 Å². The molecule has 6 heteroatoms. The van der Waals surface area contributed by atoms with Crippen molar-refractivity contribution in [1.29, 1.82) is 0 Å². The minimum absolute atomic E-state index is 0.0650. The van der Waals surface area contributed by atoms with Crippen LogP contribution in [0.3, 0.4) is 0 Å². The third-order valence-corrected chi connectivity index (χ3v) is 5.34. The Morgan fingerprint density at radius 3 is 2.74 bits per heavy atom. The molecule has 0 saturated carbocycles. The topological polar surface area (TPSA) is 59.8 Å². The highest BCUT2D eigenvalue weighted by Gasteiger charge is 2.17. The number of aromatic nitrogens is 3. The van der Waals surface area contributed by atoms with Gasteiger partial charge in [0.2, 0.25) is 0 Å². The van der Waals surface area contributed by atoms with Crippen molar-refractivity contribution < 1.29 is 4.79 Å². The van der Waals surface area contributed by atoms with Crippen molar-refractivity contribution in [3.63, 3.8) is 0 Å². The lowest BCUT2D eigenvalue weighted by atomic mass is 10.1. The fourth-order valence-electron chi connectivity index (χ4n) is 3.09. The number of benzene rings is 2. The molecule has 0 unspecified atom stereocenters. The molecule has 0 spiro atoms. The average molecular weight is 376 g/mol. The van der Waals surface area contributed by atoms with E-state index < -0.39 is 0 Å². The third-order valence-electron chi connectivity index (χ3n) is 4.37. The van der Waals surface area contributed by atoms with Crippen LogP contribution in [0.1, 0.15) is 21.1 Å². The molecule has 0 radical (unpaired) electrons. The number of amides is 1. The van der Waals surface area contributed by atoms with E-state index >= 15 is 0 Å². The van der Waals surface area contributed by atoms with Gasteiger partial charge in [0.15, 0.2) is 0 Å². The summed E-state index contributed by atoms with van der Waals surface area (Å²) < 4.78 is 1.98. The minimum atomic E-state index is -0.0650. The zero-order chi connectivity index (χ0) is 18.6. The summed E-state index contributed by atoms with van der Waals surface area (Å²) in [6, 6.07) is 18.0. The third kappa shape index (κ3) is 3.75. The van der Waals surface area contributed by atoms with Gasteiger partial charge in [-0.25, -0.2) is 4.98 Å². The fraction of sp³-hybridized carbons (Fsp3) is 0.190. The second kappa shape index (κ2) is 7.72. The first-order chi connectivity index (χ1) is 13.2. The van der Waals surface area contributed by atoms with Crippen LogP contribution in [0.15, 0.2) is 60.8 Å². The van der Waals surface area contributed by atoms with Gasteiger partial charge in [-0.05, 0) is 19.4 Å². The van der Waals surface area contributed by atoms with Gasteiger partial charge in [-0.1, -0.05) is 48.5 Å². The summed E-state index contributed by atoms with van der Waals surface area (Å²) >= 11 is 1.43. The SMILES string of the molecule is Cc1nc(-c2ccccc2)c(C(=O)NCCCn2ncc3ccccc32)s1. The number of hydrogen-bond acceptors (Lipinski definition) is 4. The monoisotopic (exact) mass is 376 g/mol. The first-order valence-corrected chi connectivity index (χ1v) is 9.75. The molecule has 2 heterocycles. The number of rotatable bonds is 6. The highest BCUT2D eigenvalue weighted by Crippen LogP contribution is 2.27. The van der Waals surface area contributed by atoms with Gasteiger partial charge in [0.1, 0.15) is 4.88 Å². The highest BCUT2D eigenvalue weighted by molar-refractivity contribution is 7.14. The molecule has 1 N–H and O–H groups in total. The minimum Gasteiger partial charge on any atom is -0.351 e. The summed E-state index contributed by atoms with van der Waals surface area (Å²) in [5.74, 6) is -0.0650. The molecule has 0 aliphatic rings. The quantitative estimate of drug-likeness (QED) is 0.511. The van der Waals surface area contributed by atoms with E-state index in [2.05, 4.69) is 27.5 Å². The predicted molar refractivity (Wildman–Crippen MR) is 109 cm³/mol. The Hall–Kier alpha value is -2.99. The second-order valence-corrected chi connectivity index (χ2v) is 7.52. The predicted octanol–water partition coefficient (Wildman–Crippen LogP) is 4.29. The van der Waals surface area contributed by atoms with E-state index in [1.165, 1.54) is 11.3 Å². The molecule has 2 aromatic carbocycles. The zero-order valence-electron chi connectivity index (χ0n) is 15.1. The van der Waals surface area contributed by atoms with E-state index in [0.29, 0.717) is 11.4 Å². The summed E-state index contributed by atoms with van der Waals surface area (Å²) in [5.41, 5.74) is 2.84. The Labute approximate surface area is 161 Å². The van der Waals surface area contributed by atoms with E-state index in [0.717, 1.165) is 40.1 Å². The normalized spacial score (nSPS) is 11.0. The summed E-state index contributed by atoms with van der Waals surface area (Å²) in [4.78, 5) is 17.9. The van der Waals surface area contributed by atoms with Crippen LogP contribution in [-0.2, 0) is 6.54 Å². The van der Waals surface area contributed by atoms with Crippen molar-refractivity contribution in [1.82, 2.24) is 20.1 Å². The Kier molecular flexibility index (Phi) is 4.98. The maximum absolute atomic E-state index is 12.7. The molecule has 136 valence electrons. The van der Waals surface area contributed by atoms with Crippen molar-refractivity contribution in [2.75, 3.05) is 6.54 Å². The molecule has 5 nitrogen and oxygen atoms in total. The van der Waals surface area contributed by atoms with Crippen molar-refractivity contribution in [2.24, 2.45) is 0 Å². The number of fused-ring (bicyclic) bond motifs is 1. The number of para-hydroxylation sites is 1. The van der Waals surface area contributed by atoms with E-state index in [9.17, 15) is 4.79 Å². The van der Waals surface area contributed by atoms with Crippen molar-refractivity contribution in [3.8, 4) is 11.3 Å². The van der Waals surface area contributed by atoms with Crippen molar-refractivity contribution >= 4 is 28.1 Å². The number of hydrogen-bond donors (Lipinski definition) is 1. The van der Waals surface area contributed by atoms with Gasteiger partial charge >= 0.3 is 0 Å². The lowest BCUT2D eigenvalue weighted by molar-refractivity contribution is 0.0957. The van der Waals surface area contributed by atoms with E-state index in [4.69, 9.17) is 0 Å². The Morgan fingerprint density at radius 2 is 1.89 bits per heavy atom. The van der Waals surface area contributed by atoms with Crippen LogP contribution in [0, 0.1) is 6.92 Å². The smallest absolute Gasteiger partial charge is 0.263 e. The van der Waals surface area contributed by atoms with Crippen molar-refractivity contribution in [3.05, 3.63) is 70.7 Å². The molecule has 1 amide bonds. The Balaban J connectivity index is 1.39. The number of aryl methyl sites for hydroxylation is 2. The molecule has 0 aliphatic carbocycles. The Morgan fingerprint density at radius 1 is 1.11 bits per heavy atom. The molecular weight excluding hydrogens is 356 g/mol. The molecule has 0 bridgehead atoms. The van der Waals surface area contributed by atoms with E-state index in [1.54, 1.807) is 0 Å². The van der Waals surface area contributed by atoms with Gasteiger partial charge in [-0.15, -0.1) is 11.3 Å². The van der Waals surface area contributed by atoms with Crippen LogP contribution < -0.4 is 5.32 Å². The van der Waals surface area contributed by atoms with Crippen molar-refractivity contribution in [2.45, 2.75) is 19.9 Å². The van der Waals surface area contributed by atoms with Crippen LogP contribution in [0.4, 0.5) is 0 Å². The molecule has 4 aromatic rings. The summed E-state index contributed by atoms with van der Waals surface area (Å²) in [6.07, 6.45) is 2.69.